The number of nitrogens with zero attached hydrogens (tertiary/aromatic N) is 2. The summed E-state index contributed by atoms with van der Waals surface area (Å²) in [6, 6.07) is 14.0. The number of ether oxygens (including phenoxy) is 1. The molecule has 1 fully saturated rings. The molecule has 2 aliphatic rings. The van der Waals surface area contributed by atoms with E-state index in [1.807, 2.05) is 25.1 Å². The molecule has 2 amide bonds. The van der Waals surface area contributed by atoms with E-state index in [1.54, 1.807) is 11.8 Å². The standard InChI is InChI=1S/C24H29N3O4.ClH/c1-16-13-22(25-24(29)30)21-14-20(7-8-23(21)27(16)17(2)28)19-5-3-18(4-6-19)15-26-9-11-31-12-10-26;/h3-8,14,16,22,25H,9-13,15H2,1-2H3,(H,29,30);1H/t16-,22+;/m1./s1. The summed E-state index contributed by atoms with van der Waals surface area (Å²) in [5.74, 6) is -0.0391. The Bertz CT molecular complexity index is 960. The molecule has 0 radical (unpaired) electrons. The third-order valence-electron chi connectivity index (χ3n) is 6.11. The zero-order valence-corrected chi connectivity index (χ0v) is 19.2. The van der Waals surface area contributed by atoms with Crippen LogP contribution in [0.15, 0.2) is 42.5 Å². The number of benzene rings is 2. The molecule has 7 nitrogen and oxygen atoms in total. The number of morpholine rings is 1. The summed E-state index contributed by atoms with van der Waals surface area (Å²) in [5, 5.41) is 11.9. The maximum atomic E-state index is 12.2. The van der Waals surface area contributed by atoms with Crippen molar-refractivity contribution in [3.63, 3.8) is 0 Å². The molecule has 0 spiro atoms. The van der Waals surface area contributed by atoms with Gasteiger partial charge in [-0.3, -0.25) is 9.69 Å². The van der Waals surface area contributed by atoms with Crippen LogP contribution < -0.4 is 10.2 Å². The van der Waals surface area contributed by atoms with Crippen LogP contribution >= 0.6 is 12.4 Å². The molecule has 0 aliphatic carbocycles. The normalized spacial score (nSPS) is 20.8. The summed E-state index contributed by atoms with van der Waals surface area (Å²) >= 11 is 0. The molecule has 0 unspecified atom stereocenters. The van der Waals surface area contributed by atoms with E-state index in [1.165, 1.54) is 5.56 Å². The van der Waals surface area contributed by atoms with Crippen LogP contribution in [0.4, 0.5) is 10.5 Å². The molecule has 2 aliphatic heterocycles. The lowest BCUT2D eigenvalue weighted by molar-refractivity contribution is -0.117. The Hall–Kier alpha value is -2.61. The zero-order chi connectivity index (χ0) is 22.0. The largest absolute Gasteiger partial charge is 0.465 e. The quantitative estimate of drug-likeness (QED) is 0.720. The minimum absolute atomic E-state index is 0. The molecule has 2 aromatic carbocycles. The first-order valence-electron chi connectivity index (χ1n) is 10.7. The highest BCUT2D eigenvalue weighted by Crippen LogP contribution is 2.39. The number of amides is 2. The Morgan fingerprint density at radius 1 is 1.09 bits per heavy atom. The van der Waals surface area contributed by atoms with Gasteiger partial charge in [-0.25, -0.2) is 4.79 Å². The third kappa shape index (κ3) is 5.23. The number of fused-ring (bicyclic) bond motifs is 1. The van der Waals surface area contributed by atoms with E-state index in [-0.39, 0.29) is 30.4 Å². The lowest BCUT2D eigenvalue weighted by atomic mass is 9.89. The number of hydrogen-bond acceptors (Lipinski definition) is 4. The first-order valence-corrected chi connectivity index (χ1v) is 10.7. The van der Waals surface area contributed by atoms with Crippen LogP contribution in [-0.4, -0.2) is 54.4 Å². The molecule has 2 atom stereocenters. The van der Waals surface area contributed by atoms with E-state index >= 15 is 0 Å². The zero-order valence-electron chi connectivity index (χ0n) is 18.4. The van der Waals surface area contributed by atoms with Crippen LogP contribution in [0.1, 0.15) is 37.4 Å². The Labute approximate surface area is 194 Å². The summed E-state index contributed by atoms with van der Waals surface area (Å²) in [5.41, 5.74) is 4.94. The molecule has 2 heterocycles. The summed E-state index contributed by atoms with van der Waals surface area (Å²) in [6.07, 6.45) is -0.516. The van der Waals surface area contributed by atoms with Crippen LogP contribution in [0.5, 0.6) is 0 Å². The van der Waals surface area contributed by atoms with Crippen molar-refractivity contribution >= 4 is 30.1 Å². The van der Waals surface area contributed by atoms with E-state index in [9.17, 15) is 14.7 Å². The van der Waals surface area contributed by atoms with Crippen molar-refractivity contribution in [3.8, 4) is 11.1 Å². The number of carboxylic acid groups (broad SMARTS) is 1. The van der Waals surface area contributed by atoms with Crippen molar-refractivity contribution in [1.29, 1.82) is 0 Å². The smallest absolute Gasteiger partial charge is 0.405 e. The summed E-state index contributed by atoms with van der Waals surface area (Å²) in [4.78, 5) is 27.7. The van der Waals surface area contributed by atoms with Gasteiger partial charge in [-0.2, -0.15) is 0 Å². The van der Waals surface area contributed by atoms with E-state index < -0.39 is 6.09 Å². The highest BCUT2D eigenvalue weighted by atomic mass is 35.5. The third-order valence-corrected chi connectivity index (χ3v) is 6.11. The Balaban J connectivity index is 0.00000289. The molecule has 8 heteroatoms. The molecular formula is C24H30ClN3O4. The summed E-state index contributed by atoms with van der Waals surface area (Å²) < 4.78 is 5.41. The van der Waals surface area contributed by atoms with Gasteiger partial charge in [0.25, 0.3) is 0 Å². The number of rotatable bonds is 4. The van der Waals surface area contributed by atoms with Crippen molar-refractivity contribution in [2.24, 2.45) is 0 Å². The fourth-order valence-electron chi connectivity index (χ4n) is 4.63. The monoisotopic (exact) mass is 459 g/mol. The summed E-state index contributed by atoms with van der Waals surface area (Å²) in [7, 11) is 0. The SMILES string of the molecule is CC(=O)N1c2ccc(-c3ccc(CN4CCOCC4)cc3)cc2[C@@H](NC(=O)O)C[C@H]1C.Cl. The average molecular weight is 460 g/mol. The summed E-state index contributed by atoms with van der Waals surface area (Å²) in [6.45, 7) is 7.88. The first-order chi connectivity index (χ1) is 14.9. The number of carbonyl (C=O) groups is 2. The van der Waals surface area contributed by atoms with Gasteiger partial charge in [0.15, 0.2) is 0 Å². The lowest BCUT2D eigenvalue weighted by Gasteiger charge is -2.39. The van der Waals surface area contributed by atoms with Crippen molar-refractivity contribution < 1.29 is 19.4 Å². The highest BCUT2D eigenvalue weighted by Gasteiger charge is 2.33. The van der Waals surface area contributed by atoms with Crippen LogP contribution in [0.2, 0.25) is 0 Å². The maximum absolute atomic E-state index is 12.2. The van der Waals surface area contributed by atoms with Gasteiger partial charge in [0, 0.05) is 38.3 Å². The number of hydrogen-bond donors (Lipinski definition) is 2. The van der Waals surface area contributed by atoms with Gasteiger partial charge in [-0.1, -0.05) is 30.3 Å². The van der Waals surface area contributed by atoms with Crippen LogP contribution in [-0.2, 0) is 16.1 Å². The van der Waals surface area contributed by atoms with Crippen molar-refractivity contribution in [3.05, 3.63) is 53.6 Å². The number of halogens is 1. The van der Waals surface area contributed by atoms with E-state index in [0.29, 0.717) is 6.42 Å². The topological polar surface area (TPSA) is 82.1 Å². The molecule has 0 bridgehead atoms. The second-order valence-electron chi connectivity index (χ2n) is 8.33. The Kier molecular flexibility index (Phi) is 7.77. The molecule has 32 heavy (non-hydrogen) atoms. The fourth-order valence-corrected chi connectivity index (χ4v) is 4.63. The molecule has 2 N–H and O–H groups in total. The van der Waals surface area contributed by atoms with Gasteiger partial charge in [-0.15, -0.1) is 12.4 Å². The van der Waals surface area contributed by atoms with Crippen LogP contribution in [0.25, 0.3) is 11.1 Å². The first kappa shape index (κ1) is 24.0. The number of nitrogens with one attached hydrogen (secondary N) is 1. The van der Waals surface area contributed by atoms with Gasteiger partial charge in [0.1, 0.15) is 0 Å². The van der Waals surface area contributed by atoms with Gasteiger partial charge < -0.3 is 20.1 Å². The van der Waals surface area contributed by atoms with Gasteiger partial charge in [0.2, 0.25) is 5.91 Å². The predicted molar refractivity (Wildman–Crippen MR) is 126 cm³/mol. The van der Waals surface area contributed by atoms with Gasteiger partial charge >= 0.3 is 6.09 Å². The van der Waals surface area contributed by atoms with E-state index in [0.717, 1.165) is 55.2 Å². The fraction of sp³-hybridized carbons (Fsp3) is 0.417. The predicted octanol–water partition coefficient (Wildman–Crippen LogP) is 4.06. The Morgan fingerprint density at radius 2 is 1.75 bits per heavy atom. The molecule has 0 saturated carbocycles. The van der Waals surface area contributed by atoms with E-state index in [2.05, 4.69) is 34.5 Å². The van der Waals surface area contributed by atoms with Crippen LogP contribution in [0.3, 0.4) is 0 Å². The molecule has 172 valence electrons. The molecule has 1 saturated heterocycles. The van der Waals surface area contributed by atoms with Gasteiger partial charge in [0.05, 0.1) is 19.3 Å². The van der Waals surface area contributed by atoms with Crippen LogP contribution in [0, 0.1) is 0 Å². The van der Waals surface area contributed by atoms with Gasteiger partial charge in [-0.05, 0) is 47.7 Å². The number of carbonyl (C=O) groups excluding carboxylic acids is 1. The lowest BCUT2D eigenvalue weighted by Crippen LogP contribution is -2.45. The van der Waals surface area contributed by atoms with E-state index in [4.69, 9.17) is 4.74 Å². The van der Waals surface area contributed by atoms with Crippen molar-refractivity contribution in [1.82, 2.24) is 10.2 Å². The number of anilines is 1. The second-order valence-corrected chi connectivity index (χ2v) is 8.33. The molecular weight excluding hydrogens is 430 g/mol. The minimum atomic E-state index is -1.06. The second kappa shape index (κ2) is 10.3. The minimum Gasteiger partial charge on any atom is -0.465 e. The van der Waals surface area contributed by atoms with Crippen molar-refractivity contribution in [2.75, 3.05) is 31.2 Å². The molecule has 4 rings (SSSR count). The molecule has 0 aromatic heterocycles. The average Bonchev–Trinajstić information content (AvgIpc) is 2.74. The molecule has 2 aromatic rings. The highest BCUT2D eigenvalue weighted by molar-refractivity contribution is 5.94. The maximum Gasteiger partial charge on any atom is 0.405 e. The van der Waals surface area contributed by atoms with Crippen molar-refractivity contribution in [2.45, 2.75) is 38.9 Å². The Morgan fingerprint density at radius 3 is 2.38 bits per heavy atom.